The maximum atomic E-state index is 12.4. The summed E-state index contributed by atoms with van der Waals surface area (Å²) in [5.41, 5.74) is -0.244. The van der Waals surface area contributed by atoms with Crippen molar-refractivity contribution in [3.8, 4) is 0 Å². The quantitative estimate of drug-likeness (QED) is 0.849. The minimum Gasteiger partial charge on any atom is -0.343 e. The second kappa shape index (κ2) is 5.93. The second-order valence-corrected chi connectivity index (χ2v) is 6.67. The van der Waals surface area contributed by atoms with Crippen LogP contribution in [0.25, 0.3) is 0 Å². The molecule has 1 rings (SSSR count). The van der Waals surface area contributed by atoms with Crippen LogP contribution in [0.4, 0.5) is 0 Å². The molecule has 4 nitrogen and oxygen atoms in total. The zero-order chi connectivity index (χ0) is 14.8. The van der Waals surface area contributed by atoms with E-state index in [0.717, 1.165) is 12.8 Å². The molecule has 110 valence electrons. The van der Waals surface area contributed by atoms with Gasteiger partial charge in [0.2, 0.25) is 11.8 Å². The highest BCUT2D eigenvalue weighted by Crippen LogP contribution is 2.29. The molecule has 1 heterocycles. The molecule has 1 fully saturated rings. The Kier molecular flexibility index (Phi) is 4.99. The van der Waals surface area contributed by atoms with Gasteiger partial charge < -0.3 is 10.2 Å². The molecule has 0 aromatic rings. The number of hydrogen-bond donors (Lipinski definition) is 1. The van der Waals surface area contributed by atoms with E-state index >= 15 is 0 Å². The number of carbonyl (C=O) groups is 2. The van der Waals surface area contributed by atoms with Gasteiger partial charge in [-0.05, 0) is 18.3 Å². The molecular weight excluding hydrogens is 240 g/mol. The van der Waals surface area contributed by atoms with Crippen molar-refractivity contribution in [1.82, 2.24) is 10.2 Å². The Morgan fingerprint density at radius 1 is 1.21 bits per heavy atom. The lowest BCUT2D eigenvalue weighted by Gasteiger charge is -2.45. The fourth-order valence-corrected chi connectivity index (χ4v) is 2.75. The van der Waals surface area contributed by atoms with Gasteiger partial charge in [-0.25, -0.2) is 0 Å². The molecule has 0 bridgehead atoms. The Morgan fingerprint density at radius 3 is 2.16 bits per heavy atom. The summed E-state index contributed by atoms with van der Waals surface area (Å²) in [5, 5.41) is 2.79. The zero-order valence-electron chi connectivity index (χ0n) is 13.1. The summed E-state index contributed by atoms with van der Waals surface area (Å²) in [5.74, 6) is 0.490. The van der Waals surface area contributed by atoms with Crippen LogP contribution in [0.3, 0.4) is 0 Å². The maximum absolute atomic E-state index is 12.4. The third-order valence-electron chi connectivity index (χ3n) is 4.00. The molecule has 0 aromatic carbocycles. The monoisotopic (exact) mass is 268 g/mol. The molecule has 4 heteroatoms. The van der Waals surface area contributed by atoms with Gasteiger partial charge >= 0.3 is 0 Å². The van der Waals surface area contributed by atoms with Crippen LogP contribution in [0, 0.1) is 11.3 Å². The molecule has 1 N–H and O–H groups in total. The van der Waals surface area contributed by atoms with Crippen molar-refractivity contribution in [3.05, 3.63) is 0 Å². The van der Waals surface area contributed by atoms with Crippen molar-refractivity contribution in [1.29, 1.82) is 0 Å². The number of piperazine rings is 1. The first kappa shape index (κ1) is 16.0. The lowest BCUT2D eigenvalue weighted by Crippen LogP contribution is -2.66. The van der Waals surface area contributed by atoms with E-state index in [-0.39, 0.29) is 23.3 Å². The molecule has 2 unspecified atom stereocenters. The van der Waals surface area contributed by atoms with E-state index in [2.05, 4.69) is 19.2 Å². The van der Waals surface area contributed by atoms with E-state index in [9.17, 15) is 9.59 Å². The van der Waals surface area contributed by atoms with Crippen molar-refractivity contribution in [2.24, 2.45) is 11.3 Å². The summed E-state index contributed by atoms with van der Waals surface area (Å²) in [4.78, 5) is 26.5. The van der Waals surface area contributed by atoms with Crippen LogP contribution in [0.2, 0.25) is 0 Å². The molecule has 0 saturated carbocycles. The largest absolute Gasteiger partial charge is 0.343 e. The molecule has 0 aromatic heterocycles. The van der Waals surface area contributed by atoms with Gasteiger partial charge in [0, 0.05) is 6.54 Å². The summed E-state index contributed by atoms with van der Waals surface area (Å²) >= 11 is 0. The van der Waals surface area contributed by atoms with Gasteiger partial charge in [0.1, 0.15) is 12.1 Å². The summed E-state index contributed by atoms with van der Waals surface area (Å²) < 4.78 is 0. The summed E-state index contributed by atoms with van der Waals surface area (Å²) in [6.45, 7) is 12.8. The van der Waals surface area contributed by atoms with Crippen LogP contribution in [0.1, 0.15) is 54.4 Å². The van der Waals surface area contributed by atoms with Crippen molar-refractivity contribution in [3.63, 3.8) is 0 Å². The Bertz CT molecular complexity index is 343. The van der Waals surface area contributed by atoms with Gasteiger partial charge in [0.05, 0.1) is 0 Å². The van der Waals surface area contributed by atoms with E-state index < -0.39 is 6.04 Å². The lowest BCUT2D eigenvalue weighted by atomic mass is 9.82. The molecule has 2 atom stereocenters. The average Bonchev–Trinajstić information content (AvgIpc) is 2.29. The first-order chi connectivity index (χ1) is 8.72. The molecule has 0 radical (unpaired) electrons. The van der Waals surface area contributed by atoms with E-state index in [1.54, 1.807) is 11.8 Å². The highest BCUT2D eigenvalue weighted by Gasteiger charge is 2.44. The molecule has 0 spiro atoms. The van der Waals surface area contributed by atoms with Gasteiger partial charge in [0.15, 0.2) is 0 Å². The molecule has 1 saturated heterocycles. The second-order valence-electron chi connectivity index (χ2n) is 6.67. The SMILES string of the molecule is CCC(CC)CN1C(=O)C(C)NC(=O)C1C(C)(C)C. The number of nitrogens with zero attached hydrogens (tertiary/aromatic N) is 1. The number of nitrogens with one attached hydrogen (secondary N) is 1. The predicted octanol–water partition coefficient (Wildman–Crippen LogP) is 2.18. The van der Waals surface area contributed by atoms with Gasteiger partial charge in [-0.1, -0.05) is 47.5 Å². The number of rotatable bonds is 4. The maximum Gasteiger partial charge on any atom is 0.245 e. The highest BCUT2D eigenvalue weighted by atomic mass is 16.2. The Balaban J connectivity index is 3.02. The molecule has 19 heavy (non-hydrogen) atoms. The number of amides is 2. The van der Waals surface area contributed by atoms with Gasteiger partial charge in [-0.2, -0.15) is 0 Å². The van der Waals surface area contributed by atoms with Crippen molar-refractivity contribution in [2.75, 3.05) is 6.54 Å². The molecule has 2 amide bonds. The normalized spacial score (nSPS) is 24.9. The minimum atomic E-state index is -0.402. The standard InChI is InChI=1S/C15H28N2O2/c1-7-11(8-2)9-17-12(15(4,5)6)13(18)16-10(3)14(17)19/h10-12H,7-9H2,1-6H3,(H,16,18). The molecular formula is C15H28N2O2. The van der Waals surface area contributed by atoms with Crippen molar-refractivity contribution in [2.45, 2.75) is 66.5 Å². The average molecular weight is 268 g/mol. The van der Waals surface area contributed by atoms with Crippen LogP contribution in [-0.4, -0.2) is 35.3 Å². The van der Waals surface area contributed by atoms with E-state index in [0.29, 0.717) is 12.5 Å². The van der Waals surface area contributed by atoms with Gasteiger partial charge in [-0.3, -0.25) is 9.59 Å². The summed E-state index contributed by atoms with van der Waals surface area (Å²) in [6, 6.07) is -0.766. The summed E-state index contributed by atoms with van der Waals surface area (Å²) in [7, 11) is 0. The highest BCUT2D eigenvalue weighted by molar-refractivity contribution is 5.97. The Hall–Kier alpha value is -1.06. The van der Waals surface area contributed by atoms with E-state index in [4.69, 9.17) is 0 Å². The smallest absolute Gasteiger partial charge is 0.245 e. The number of carbonyl (C=O) groups excluding carboxylic acids is 2. The minimum absolute atomic E-state index is 0.0226. The predicted molar refractivity (Wildman–Crippen MR) is 76.6 cm³/mol. The van der Waals surface area contributed by atoms with Crippen LogP contribution in [0.5, 0.6) is 0 Å². The third-order valence-corrected chi connectivity index (χ3v) is 4.00. The van der Waals surface area contributed by atoms with Crippen LogP contribution < -0.4 is 5.32 Å². The Morgan fingerprint density at radius 2 is 1.74 bits per heavy atom. The van der Waals surface area contributed by atoms with Gasteiger partial charge in [0.25, 0.3) is 0 Å². The first-order valence-electron chi connectivity index (χ1n) is 7.33. The topological polar surface area (TPSA) is 49.4 Å². The zero-order valence-corrected chi connectivity index (χ0v) is 13.1. The molecule has 0 aliphatic carbocycles. The van der Waals surface area contributed by atoms with Crippen molar-refractivity contribution < 1.29 is 9.59 Å². The van der Waals surface area contributed by atoms with Crippen LogP contribution in [-0.2, 0) is 9.59 Å². The number of hydrogen-bond acceptors (Lipinski definition) is 2. The third kappa shape index (κ3) is 3.48. The van der Waals surface area contributed by atoms with Crippen LogP contribution >= 0.6 is 0 Å². The Labute approximate surface area is 116 Å². The molecule has 1 aliphatic rings. The molecule has 1 aliphatic heterocycles. The van der Waals surface area contributed by atoms with Crippen molar-refractivity contribution >= 4 is 11.8 Å². The fourth-order valence-electron chi connectivity index (χ4n) is 2.75. The summed E-state index contributed by atoms with van der Waals surface area (Å²) in [6.07, 6.45) is 2.07. The van der Waals surface area contributed by atoms with E-state index in [1.807, 2.05) is 20.8 Å². The van der Waals surface area contributed by atoms with Crippen LogP contribution in [0.15, 0.2) is 0 Å². The lowest BCUT2D eigenvalue weighted by molar-refractivity contribution is -0.154. The van der Waals surface area contributed by atoms with E-state index in [1.165, 1.54) is 0 Å². The fraction of sp³-hybridized carbons (Fsp3) is 0.867. The first-order valence-corrected chi connectivity index (χ1v) is 7.33. The van der Waals surface area contributed by atoms with Gasteiger partial charge in [-0.15, -0.1) is 0 Å².